The summed E-state index contributed by atoms with van der Waals surface area (Å²) in [6.07, 6.45) is 0. The zero-order chi connectivity index (χ0) is 8.72. The molecule has 2 aliphatic rings. The summed E-state index contributed by atoms with van der Waals surface area (Å²) in [4.78, 5) is 13.2. The Morgan fingerprint density at radius 3 is 2.67 bits per heavy atom. The van der Waals surface area contributed by atoms with Gasteiger partial charge in [-0.3, -0.25) is 4.79 Å². The molecule has 0 aromatic carbocycles. The van der Waals surface area contributed by atoms with Gasteiger partial charge in [-0.15, -0.1) is 0 Å². The number of carbonyl (C=O) groups excluding carboxylic acids is 1. The Morgan fingerprint density at radius 2 is 2.17 bits per heavy atom. The van der Waals surface area contributed by atoms with E-state index in [-0.39, 0.29) is 12.5 Å². The van der Waals surface area contributed by atoms with Crippen molar-refractivity contribution in [2.24, 2.45) is 17.6 Å². The minimum absolute atomic E-state index is 0.0166. The van der Waals surface area contributed by atoms with E-state index in [0.717, 1.165) is 13.1 Å². The highest BCUT2D eigenvalue weighted by Gasteiger charge is 2.55. The summed E-state index contributed by atoms with van der Waals surface area (Å²) in [6.45, 7) is 2.37. The van der Waals surface area contributed by atoms with Crippen molar-refractivity contribution in [3.05, 3.63) is 0 Å². The number of amides is 1. The molecule has 3 N–H and O–H groups in total. The number of piperidine rings is 1. The molecular weight excluding hydrogens is 154 g/mol. The van der Waals surface area contributed by atoms with E-state index in [0.29, 0.717) is 17.9 Å². The second-order valence-corrected chi connectivity index (χ2v) is 3.85. The number of rotatable bonds is 2. The third-order valence-electron chi connectivity index (χ3n) is 2.89. The van der Waals surface area contributed by atoms with E-state index in [4.69, 9.17) is 5.73 Å². The third-order valence-corrected chi connectivity index (χ3v) is 2.89. The van der Waals surface area contributed by atoms with Crippen molar-refractivity contribution in [2.75, 3.05) is 26.7 Å². The van der Waals surface area contributed by atoms with E-state index in [1.807, 2.05) is 0 Å². The first kappa shape index (κ1) is 8.01. The number of hydrogen-bond acceptors (Lipinski definition) is 3. The lowest BCUT2D eigenvalue weighted by atomic mass is 10.4. The standard InChI is InChI=1S/C8H15N3O/c1-11-3-5-6(4-11)8(5)10-7(12)2-9/h5-6,8H,2-4,9H2,1H3,(H,10,12)/t5-,6?,8?/m1/s1. The number of likely N-dealkylation sites (tertiary alicyclic amines) is 1. The van der Waals surface area contributed by atoms with E-state index in [1.54, 1.807) is 0 Å². The molecule has 1 aliphatic heterocycles. The van der Waals surface area contributed by atoms with Crippen LogP contribution in [0.15, 0.2) is 0 Å². The van der Waals surface area contributed by atoms with Gasteiger partial charge in [0.2, 0.25) is 5.91 Å². The first-order valence-corrected chi connectivity index (χ1v) is 4.40. The summed E-state index contributed by atoms with van der Waals surface area (Å²) < 4.78 is 0. The fourth-order valence-corrected chi connectivity index (χ4v) is 2.20. The molecule has 1 saturated carbocycles. The van der Waals surface area contributed by atoms with Crippen molar-refractivity contribution in [1.29, 1.82) is 0 Å². The van der Waals surface area contributed by atoms with Gasteiger partial charge in [0.15, 0.2) is 0 Å². The zero-order valence-electron chi connectivity index (χ0n) is 7.29. The number of fused-ring (bicyclic) bond motifs is 1. The van der Waals surface area contributed by atoms with Crippen LogP contribution in [0, 0.1) is 11.8 Å². The first-order chi connectivity index (χ1) is 5.72. The van der Waals surface area contributed by atoms with Crippen LogP contribution < -0.4 is 11.1 Å². The maximum atomic E-state index is 10.9. The van der Waals surface area contributed by atoms with Crippen LogP contribution in [-0.2, 0) is 4.79 Å². The average Bonchev–Trinajstić information content (AvgIpc) is 2.51. The predicted octanol–water partition coefficient (Wildman–Crippen LogP) is -1.38. The molecule has 2 fully saturated rings. The van der Waals surface area contributed by atoms with Gasteiger partial charge in [-0.2, -0.15) is 0 Å². The fourth-order valence-electron chi connectivity index (χ4n) is 2.20. The highest BCUT2D eigenvalue weighted by Crippen LogP contribution is 2.44. The molecule has 4 nitrogen and oxygen atoms in total. The number of nitrogens with two attached hydrogens (primary N) is 1. The molecule has 1 aliphatic carbocycles. The number of nitrogens with one attached hydrogen (secondary N) is 1. The molecule has 0 aromatic heterocycles. The van der Waals surface area contributed by atoms with Gasteiger partial charge < -0.3 is 16.0 Å². The van der Waals surface area contributed by atoms with E-state index < -0.39 is 0 Å². The molecular formula is C8H15N3O. The topological polar surface area (TPSA) is 58.4 Å². The minimum atomic E-state index is -0.0166. The largest absolute Gasteiger partial charge is 0.352 e. The summed E-state index contributed by atoms with van der Waals surface area (Å²) in [6, 6.07) is 0.428. The van der Waals surface area contributed by atoms with Gasteiger partial charge in [0.05, 0.1) is 6.54 Å². The monoisotopic (exact) mass is 169 g/mol. The van der Waals surface area contributed by atoms with Gasteiger partial charge in [0, 0.05) is 19.1 Å². The van der Waals surface area contributed by atoms with E-state index in [9.17, 15) is 4.79 Å². The van der Waals surface area contributed by atoms with Gasteiger partial charge in [0.25, 0.3) is 0 Å². The molecule has 1 heterocycles. The number of carbonyl (C=O) groups is 1. The van der Waals surface area contributed by atoms with Crippen molar-refractivity contribution < 1.29 is 4.79 Å². The van der Waals surface area contributed by atoms with Crippen molar-refractivity contribution in [1.82, 2.24) is 10.2 Å². The molecule has 68 valence electrons. The van der Waals surface area contributed by atoms with Crippen LogP contribution >= 0.6 is 0 Å². The second-order valence-electron chi connectivity index (χ2n) is 3.85. The highest BCUT2D eigenvalue weighted by atomic mass is 16.1. The molecule has 0 radical (unpaired) electrons. The van der Waals surface area contributed by atoms with E-state index in [2.05, 4.69) is 17.3 Å². The van der Waals surface area contributed by atoms with E-state index in [1.165, 1.54) is 0 Å². The van der Waals surface area contributed by atoms with Crippen LogP contribution in [0.25, 0.3) is 0 Å². The van der Waals surface area contributed by atoms with Gasteiger partial charge in [-0.25, -0.2) is 0 Å². The van der Waals surface area contributed by atoms with Crippen molar-refractivity contribution >= 4 is 5.91 Å². The van der Waals surface area contributed by atoms with Crippen molar-refractivity contribution in [3.63, 3.8) is 0 Å². The summed E-state index contributed by atoms with van der Waals surface area (Å²) in [5.41, 5.74) is 5.20. The van der Waals surface area contributed by atoms with Gasteiger partial charge in [-0.05, 0) is 18.9 Å². The van der Waals surface area contributed by atoms with Crippen LogP contribution in [0.4, 0.5) is 0 Å². The van der Waals surface area contributed by atoms with Gasteiger partial charge >= 0.3 is 0 Å². The molecule has 0 spiro atoms. The van der Waals surface area contributed by atoms with Crippen LogP contribution in [-0.4, -0.2) is 43.5 Å². The third kappa shape index (κ3) is 1.21. The minimum Gasteiger partial charge on any atom is -0.352 e. The average molecular weight is 169 g/mol. The normalized spacial score (nSPS) is 39.3. The Morgan fingerprint density at radius 1 is 1.58 bits per heavy atom. The Labute approximate surface area is 72.1 Å². The lowest BCUT2D eigenvalue weighted by Gasteiger charge is -2.13. The lowest BCUT2D eigenvalue weighted by Crippen LogP contribution is -2.36. The predicted molar refractivity (Wildman–Crippen MR) is 45.5 cm³/mol. The summed E-state index contributed by atoms with van der Waals surface area (Å²) in [7, 11) is 2.12. The van der Waals surface area contributed by atoms with Crippen molar-refractivity contribution in [3.8, 4) is 0 Å². The SMILES string of the molecule is CN1CC2C(NC(=O)CN)[C@@H]2C1. The molecule has 12 heavy (non-hydrogen) atoms. The van der Waals surface area contributed by atoms with Crippen LogP contribution in [0.1, 0.15) is 0 Å². The Balaban J connectivity index is 1.79. The van der Waals surface area contributed by atoms with Gasteiger partial charge in [0.1, 0.15) is 0 Å². The molecule has 4 heteroatoms. The zero-order valence-corrected chi connectivity index (χ0v) is 7.29. The molecule has 2 unspecified atom stereocenters. The van der Waals surface area contributed by atoms with Crippen LogP contribution in [0.5, 0.6) is 0 Å². The van der Waals surface area contributed by atoms with Crippen LogP contribution in [0.2, 0.25) is 0 Å². The summed E-state index contributed by atoms with van der Waals surface area (Å²) in [5.74, 6) is 1.38. The second kappa shape index (κ2) is 2.71. The number of hydrogen-bond donors (Lipinski definition) is 2. The fraction of sp³-hybridized carbons (Fsp3) is 0.875. The smallest absolute Gasteiger partial charge is 0.233 e. The maximum Gasteiger partial charge on any atom is 0.233 e. The molecule has 3 atom stereocenters. The van der Waals surface area contributed by atoms with Crippen LogP contribution in [0.3, 0.4) is 0 Å². The quantitative estimate of drug-likeness (QED) is 0.536. The maximum absolute atomic E-state index is 10.9. The van der Waals surface area contributed by atoms with E-state index >= 15 is 0 Å². The molecule has 1 amide bonds. The Bertz CT molecular complexity index is 194. The molecule has 0 bridgehead atoms. The molecule has 1 saturated heterocycles. The van der Waals surface area contributed by atoms with Crippen molar-refractivity contribution in [2.45, 2.75) is 6.04 Å². The first-order valence-electron chi connectivity index (χ1n) is 4.40. The summed E-state index contributed by atoms with van der Waals surface area (Å²) >= 11 is 0. The molecule has 0 aromatic rings. The highest BCUT2D eigenvalue weighted by molar-refractivity contribution is 5.78. The summed E-state index contributed by atoms with van der Waals surface area (Å²) in [5, 5.41) is 2.94. The number of nitrogens with zero attached hydrogens (tertiary/aromatic N) is 1. The Kier molecular flexibility index (Phi) is 1.81. The Hall–Kier alpha value is -0.610. The molecule has 2 rings (SSSR count). The lowest BCUT2D eigenvalue weighted by molar-refractivity contribution is -0.120. The van der Waals surface area contributed by atoms with Gasteiger partial charge in [-0.1, -0.05) is 0 Å².